The number of alkyl halides is 1. The molecule has 0 bridgehead atoms. The van der Waals surface area contributed by atoms with Gasteiger partial charge in [0.15, 0.2) is 11.6 Å². The molecule has 9 nitrogen and oxygen atoms in total. The molecule has 0 saturated heterocycles. The van der Waals surface area contributed by atoms with Crippen molar-refractivity contribution >= 4 is 28.0 Å². The number of halogens is 1. The number of aryl methyl sites for hydroxylation is 1. The highest BCUT2D eigenvalue weighted by Crippen LogP contribution is 2.32. The van der Waals surface area contributed by atoms with Gasteiger partial charge in [-0.15, -0.1) is 0 Å². The number of hydrogen-bond acceptors (Lipinski definition) is 6. The molecule has 6 rings (SSSR count). The van der Waals surface area contributed by atoms with Gasteiger partial charge in [-0.3, -0.25) is 4.79 Å². The fourth-order valence-electron chi connectivity index (χ4n) is 4.86. The van der Waals surface area contributed by atoms with Gasteiger partial charge in [-0.25, -0.2) is 14.4 Å². The Hall–Kier alpha value is -4.05. The van der Waals surface area contributed by atoms with E-state index in [1.807, 2.05) is 41.9 Å². The van der Waals surface area contributed by atoms with Gasteiger partial charge in [0.2, 0.25) is 0 Å². The van der Waals surface area contributed by atoms with Gasteiger partial charge in [0.05, 0.1) is 35.5 Å². The first-order valence-electron chi connectivity index (χ1n) is 11.5. The highest BCUT2D eigenvalue weighted by Gasteiger charge is 2.28. The van der Waals surface area contributed by atoms with Gasteiger partial charge in [-0.2, -0.15) is 0 Å². The molecule has 2 N–H and O–H groups in total. The van der Waals surface area contributed by atoms with E-state index in [9.17, 15) is 9.18 Å². The van der Waals surface area contributed by atoms with Crippen LogP contribution in [0.25, 0.3) is 33.6 Å². The number of hydrogen-bond donors (Lipinski definition) is 1. The lowest BCUT2D eigenvalue weighted by atomic mass is 9.97. The van der Waals surface area contributed by atoms with Crippen LogP contribution < -0.4 is 5.73 Å². The second kappa shape index (κ2) is 8.31. The fourth-order valence-corrected chi connectivity index (χ4v) is 4.86. The minimum Gasteiger partial charge on any atom is -0.359 e. The van der Waals surface area contributed by atoms with Gasteiger partial charge in [-0.05, 0) is 42.3 Å². The Kier molecular flexibility index (Phi) is 5.10. The van der Waals surface area contributed by atoms with Gasteiger partial charge in [0.25, 0.3) is 5.91 Å². The Labute approximate surface area is 199 Å². The molecule has 0 spiro atoms. The molecule has 0 saturated carbocycles. The molecule has 0 fully saturated rings. The summed E-state index contributed by atoms with van der Waals surface area (Å²) in [6.07, 6.45) is 4.07. The predicted molar refractivity (Wildman–Crippen MR) is 129 cm³/mol. The van der Waals surface area contributed by atoms with E-state index in [-0.39, 0.29) is 12.5 Å². The van der Waals surface area contributed by atoms with Crippen molar-refractivity contribution in [1.82, 2.24) is 29.2 Å². The number of benzene rings is 1. The van der Waals surface area contributed by atoms with Crippen LogP contribution >= 0.6 is 0 Å². The van der Waals surface area contributed by atoms with Crippen LogP contribution in [0.1, 0.15) is 21.7 Å². The second-order valence-corrected chi connectivity index (χ2v) is 8.92. The molecule has 4 aromatic heterocycles. The number of imidazole rings is 1. The average molecular weight is 474 g/mol. The molecule has 10 heteroatoms. The molecule has 1 aromatic carbocycles. The Balaban J connectivity index is 1.46. The molecule has 1 atom stereocenters. The number of carbonyl (C=O) groups is 1. The number of rotatable bonds is 6. The highest BCUT2D eigenvalue weighted by molar-refractivity contribution is 6.00. The van der Waals surface area contributed by atoms with Gasteiger partial charge in [0.1, 0.15) is 12.3 Å². The molecule has 1 aliphatic rings. The zero-order valence-electron chi connectivity index (χ0n) is 19.2. The maximum Gasteiger partial charge on any atom is 0.254 e. The maximum absolute atomic E-state index is 13.1. The number of amides is 1. The zero-order valence-corrected chi connectivity index (χ0v) is 19.2. The summed E-state index contributed by atoms with van der Waals surface area (Å²) >= 11 is 0. The number of aromatic nitrogens is 5. The van der Waals surface area contributed by atoms with E-state index in [0.717, 1.165) is 39.1 Å². The molecule has 35 heavy (non-hydrogen) atoms. The highest BCUT2D eigenvalue weighted by atomic mass is 19.1. The summed E-state index contributed by atoms with van der Waals surface area (Å²) in [5, 5.41) is 4.81. The van der Waals surface area contributed by atoms with Crippen molar-refractivity contribution in [2.75, 3.05) is 19.8 Å². The van der Waals surface area contributed by atoms with Gasteiger partial charge >= 0.3 is 0 Å². The SMILES string of the molecule is Cn1c(-c2cc3cccnc3n2Cc2ccno2)nc2cc3c(cc21)CCN(C[C@H](N)CF)C3=O. The Morgan fingerprint density at radius 1 is 1.23 bits per heavy atom. The fraction of sp³-hybridized carbons (Fsp3) is 0.280. The lowest BCUT2D eigenvalue weighted by molar-refractivity contribution is 0.0725. The van der Waals surface area contributed by atoms with Crippen molar-refractivity contribution in [3.63, 3.8) is 0 Å². The first-order valence-corrected chi connectivity index (χ1v) is 11.5. The second-order valence-electron chi connectivity index (χ2n) is 8.92. The largest absolute Gasteiger partial charge is 0.359 e. The minimum absolute atomic E-state index is 0.132. The molecule has 178 valence electrons. The van der Waals surface area contributed by atoms with Crippen LogP contribution in [0, 0.1) is 0 Å². The van der Waals surface area contributed by atoms with E-state index >= 15 is 0 Å². The van der Waals surface area contributed by atoms with Crippen molar-refractivity contribution in [3.8, 4) is 11.5 Å². The Morgan fingerprint density at radius 3 is 2.91 bits per heavy atom. The summed E-state index contributed by atoms with van der Waals surface area (Å²) < 4.78 is 22.4. The summed E-state index contributed by atoms with van der Waals surface area (Å²) in [6, 6.07) is 11.0. The molecule has 1 aliphatic heterocycles. The van der Waals surface area contributed by atoms with Gasteiger partial charge in [-0.1, -0.05) is 5.16 Å². The third kappa shape index (κ3) is 3.57. The van der Waals surface area contributed by atoms with E-state index in [1.165, 1.54) is 0 Å². The van der Waals surface area contributed by atoms with Crippen LogP contribution in [0.3, 0.4) is 0 Å². The number of pyridine rings is 1. The van der Waals surface area contributed by atoms with Crippen molar-refractivity contribution in [3.05, 3.63) is 65.7 Å². The first-order chi connectivity index (χ1) is 17.0. The quantitative estimate of drug-likeness (QED) is 0.406. The molecule has 0 aliphatic carbocycles. The smallest absolute Gasteiger partial charge is 0.254 e. The summed E-state index contributed by atoms with van der Waals surface area (Å²) in [5.41, 5.74) is 10.7. The van der Waals surface area contributed by atoms with Crippen LogP contribution in [0.5, 0.6) is 0 Å². The standard InChI is InChI=1S/C25H24FN7O2/c1-31-21-9-15-5-8-32(13-17(27)12-26)25(34)19(15)11-20(21)30-24(31)22-10-16-3-2-6-28-23(16)33(22)14-18-4-7-29-35-18/h2-4,6-7,9-11,17H,5,8,12-14,27H2,1H3/t17-/m1/s1. The third-order valence-electron chi connectivity index (χ3n) is 6.62. The number of nitrogens with two attached hydrogens (primary N) is 1. The van der Waals surface area contributed by atoms with Crippen LogP contribution in [0.2, 0.25) is 0 Å². The molecular weight excluding hydrogens is 449 g/mol. The summed E-state index contributed by atoms with van der Waals surface area (Å²) in [4.78, 5) is 24.2. The summed E-state index contributed by atoms with van der Waals surface area (Å²) in [5.74, 6) is 1.33. The number of fused-ring (bicyclic) bond motifs is 3. The normalized spacial score (nSPS) is 14.7. The predicted octanol–water partition coefficient (Wildman–Crippen LogP) is 2.92. The van der Waals surface area contributed by atoms with Crippen LogP contribution in [-0.2, 0) is 20.0 Å². The number of nitrogens with zero attached hydrogens (tertiary/aromatic N) is 6. The maximum atomic E-state index is 13.1. The Morgan fingerprint density at radius 2 is 2.11 bits per heavy atom. The molecule has 0 unspecified atom stereocenters. The molecule has 5 heterocycles. The first kappa shape index (κ1) is 21.5. The minimum atomic E-state index is -0.675. The molecule has 5 aromatic rings. The van der Waals surface area contributed by atoms with E-state index in [1.54, 1.807) is 17.3 Å². The van der Waals surface area contributed by atoms with E-state index in [4.69, 9.17) is 15.2 Å². The average Bonchev–Trinajstić information content (AvgIpc) is 3.59. The summed E-state index contributed by atoms with van der Waals surface area (Å²) in [6.45, 7) is 0.524. The molecule has 1 amide bonds. The van der Waals surface area contributed by atoms with E-state index in [2.05, 4.69) is 20.8 Å². The van der Waals surface area contributed by atoms with Gasteiger partial charge < -0.3 is 24.3 Å². The zero-order chi connectivity index (χ0) is 24.1. The Bertz CT molecular complexity index is 1550. The van der Waals surface area contributed by atoms with Crippen molar-refractivity contribution < 1.29 is 13.7 Å². The van der Waals surface area contributed by atoms with Crippen molar-refractivity contribution in [1.29, 1.82) is 0 Å². The third-order valence-corrected chi connectivity index (χ3v) is 6.62. The lowest BCUT2D eigenvalue weighted by Crippen LogP contribution is -2.45. The molecular formula is C25H24FN7O2. The van der Waals surface area contributed by atoms with E-state index < -0.39 is 12.7 Å². The van der Waals surface area contributed by atoms with Crippen molar-refractivity contribution in [2.24, 2.45) is 12.8 Å². The number of carbonyl (C=O) groups excluding carboxylic acids is 1. The monoisotopic (exact) mass is 473 g/mol. The van der Waals surface area contributed by atoms with Crippen LogP contribution in [0.4, 0.5) is 4.39 Å². The van der Waals surface area contributed by atoms with Crippen molar-refractivity contribution in [2.45, 2.75) is 19.0 Å². The van der Waals surface area contributed by atoms with Crippen LogP contribution in [-0.4, -0.2) is 60.9 Å². The van der Waals surface area contributed by atoms with Crippen LogP contribution in [0.15, 0.2) is 53.3 Å². The van der Waals surface area contributed by atoms with E-state index in [0.29, 0.717) is 30.8 Å². The summed E-state index contributed by atoms with van der Waals surface area (Å²) in [7, 11) is 1.97. The lowest BCUT2D eigenvalue weighted by Gasteiger charge is -2.30. The topological polar surface area (TPSA) is 108 Å². The molecule has 0 radical (unpaired) electrons. The van der Waals surface area contributed by atoms with Gasteiger partial charge in [0, 0.05) is 43.4 Å².